The molecule has 7 heteroatoms. The quantitative estimate of drug-likeness (QED) is 0.463. The Labute approximate surface area is 132 Å². The molecular weight excluding hydrogens is 302 g/mol. The Hall–Kier alpha value is -2.70. The summed E-state index contributed by atoms with van der Waals surface area (Å²) in [5, 5.41) is 0. The lowest BCUT2D eigenvalue weighted by Crippen LogP contribution is -2.36. The van der Waals surface area contributed by atoms with E-state index < -0.39 is 35.8 Å². The second-order valence-corrected chi connectivity index (χ2v) is 5.37. The molecule has 0 radical (unpaired) electrons. The lowest BCUT2D eigenvalue weighted by Gasteiger charge is -2.17. The van der Waals surface area contributed by atoms with E-state index in [0.29, 0.717) is 11.1 Å². The third-order valence-corrected chi connectivity index (χ3v) is 3.90. The van der Waals surface area contributed by atoms with Crippen molar-refractivity contribution < 1.29 is 28.7 Å². The maximum absolute atomic E-state index is 12.3. The van der Waals surface area contributed by atoms with E-state index >= 15 is 0 Å². The molecule has 2 aliphatic heterocycles. The Morgan fingerprint density at radius 1 is 1.22 bits per heavy atom. The molecule has 0 N–H and O–H groups in total. The fourth-order valence-corrected chi connectivity index (χ4v) is 2.81. The Kier molecular flexibility index (Phi) is 3.85. The zero-order chi connectivity index (χ0) is 16.6. The monoisotopic (exact) mass is 317 g/mol. The number of hydrogen-bond acceptors (Lipinski definition) is 6. The normalized spacial score (nSPS) is 23.0. The van der Waals surface area contributed by atoms with Gasteiger partial charge in [-0.05, 0) is 19.1 Å². The lowest BCUT2D eigenvalue weighted by atomic mass is 10.1. The molecule has 0 aliphatic carbocycles. The maximum Gasteiger partial charge on any atom is 0.320 e. The van der Waals surface area contributed by atoms with Gasteiger partial charge in [-0.3, -0.25) is 24.1 Å². The van der Waals surface area contributed by atoms with Crippen molar-refractivity contribution in [2.45, 2.75) is 19.4 Å². The van der Waals surface area contributed by atoms with Crippen molar-refractivity contribution >= 4 is 23.8 Å². The third kappa shape index (κ3) is 2.58. The van der Waals surface area contributed by atoms with Crippen LogP contribution in [0.4, 0.5) is 0 Å². The van der Waals surface area contributed by atoms with Crippen LogP contribution in [0, 0.1) is 5.92 Å². The van der Waals surface area contributed by atoms with Gasteiger partial charge in [-0.25, -0.2) is 0 Å². The molecule has 0 saturated carbocycles. The SMILES string of the molecule is CCOC(=O)[C@@H]1C[C@H](CN2C(=O)c3ccccc3C2=O)OC1=O. The van der Waals surface area contributed by atoms with Gasteiger partial charge in [0.05, 0.1) is 24.3 Å². The lowest BCUT2D eigenvalue weighted by molar-refractivity contribution is -0.156. The minimum Gasteiger partial charge on any atom is -0.465 e. The van der Waals surface area contributed by atoms with Crippen molar-refractivity contribution in [3.8, 4) is 0 Å². The Morgan fingerprint density at radius 2 is 1.83 bits per heavy atom. The number of imide groups is 1. The van der Waals surface area contributed by atoms with Crippen LogP contribution < -0.4 is 0 Å². The summed E-state index contributed by atoms with van der Waals surface area (Å²) in [6, 6.07) is 6.52. The van der Waals surface area contributed by atoms with Crippen LogP contribution in [0.3, 0.4) is 0 Å². The van der Waals surface area contributed by atoms with E-state index in [2.05, 4.69) is 0 Å². The summed E-state index contributed by atoms with van der Waals surface area (Å²) in [7, 11) is 0. The van der Waals surface area contributed by atoms with Gasteiger partial charge in [0, 0.05) is 6.42 Å². The summed E-state index contributed by atoms with van der Waals surface area (Å²) in [6.07, 6.45) is -0.593. The number of esters is 2. The number of carbonyl (C=O) groups is 4. The van der Waals surface area contributed by atoms with Gasteiger partial charge in [-0.2, -0.15) is 0 Å². The largest absolute Gasteiger partial charge is 0.465 e. The van der Waals surface area contributed by atoms with E-state index in [1.165, 1.54) is 0 Å². The standard InChI is InChI=1S/C16H15NO6/c1-2-22-15(20)12-7-9(23-16(12)21)8-17-13(18)10-5-3-4-6-11(10)14(17)19/h3-6,9,12H,2,7-8H2,1H3/t9-,12+/m1/s1. The zero-order valence-electron chi connectivity index (χ0n) is 12.5. The number of nitrogens with zero attached hydrogens (tertiary/aromatic N) is 1. The van der Waals surface area contributed by atoms with Crippen molar-refractivity contribution in [3.05, 3.63) is 35.4 Å². The molecule has 2 amide bonds. The van der Waals surface area contributed by atoms with E-state index in [1.54, 1.807) is 31.2 Å². The number of ether oxygens (including phenoxy) is 2. The summed E-state index contributed by atoms with van der Waals surface area (Å²) in [4.78, 5) is 49.0. The predicted molar refractivity (Wildman–Crippen MR) is 76.4 cm³/mol. The molecule has 1 aromatic rings. The second kappa shape index (κ2) is 5.83. The highest BCUT2D eigenvalue weighted by Gasteiger charge is 2.44. The van der Waals surface area contributed by atoms with Gasteiger partial charge in [-0.15, -0.1) is 0 Å². The van der Waals surface area contributed by atoms with Crippen LogP contribution in [0.5, 0.6) is 0 Å². The van der Waals surface area contributed by atoms with Crippen molar-refractivity contribution in [2.24, 2.45) is 5.92 Å². The minimum absolute atomic E-state index is 0.0615. The van der Waals surface area contributed by atoms with Crippen LogP contribution in [-0.2, 0) is 19.1 Å². The number of hydrogen-bond donors (Lipinski definition) is 0. The molecule has 1 saturated heterocycles. The molecule has 0 unspecified atom stereocenters. The molecule has 23 heavy (non-hydrogen) atoms. The molecule has 2 aliphatic rings. The molecule has 1 fully saturated rings. The van der Waals surface area contributed by atoms with Crippen LogP contribution in [-0.4, -0.2) is 47.9 Å². The molecule has 3 rings (SSSR count). The summed E-state index contributed by atoms with van der Waals surface area (Å²) in [5.41, 5.74) is 0.674. The maximum atomic E-state index is 12.3. The van der Waals surface area contributed by atoms with Gasteiger partial charge in [0.25, 0.3) is 11.8 Å². The first kappa shape index (κ1) is 15.2. The molecule has 120 valence electrons. The Morgan fingerprint density at radius 3 is 2.39 bits per heavy atom. The van der Waals surface area contributed by atoms with Gasteiger partial charge in [0.15, 0.2) is 5.92 Å². The molecule has 0 bridgehead atoms. The minimum atomic E-state index is -0.991. The average Bonchev–Trinajstić information content (AvgIpc) is 3.02. The van der Waals surface area contributed by atoms with Crippen molar-refractivity contribution in [2.75, 3.05) is 13.2 Å². The van der Waals surface area contributed by atoms with Gasteiger partial charge in [0.1, 0.15) is 6.10 Å². The smallest absolute Gasteiger partial charge is 0.320 e. The van der Waals surface area contributed by atoms with Gasteiger partial charge in [-0.1, -0.05) is 12.1 Å². The fraction of sp³-hybridized carbons (Fsp3) is 0.375. The molecular formula is C16H15NO6. The fourth-order valence-electron chi connectivity index (χ4n) is 2.81. The highest BCUT2D eigenvalue weighted by atomic mass is 16.6. The number of rotatable bonds is 4. The van der Waals surface area contributed by atoms with Gasteiger partial charge >= 0.3 is 11.9 Å². The van der Waals surface area contributed by atoms with E-state index in [9.17, 15) is 19.2 Å². The van der Waals surface area contributed by atoms with Gasteiger partial charge < -0.3 is 9.47 Å². The first-order chi connectivity index (χ1) is 11.0. The highest BCUT2D eigenvalue weighted by molar-refractivity contribution is 6.21. The first-order valence-corrected chi connectivity index (χ1v) is 7.35. The van der Waals surface area contributed by atoms with Crippen LogP contribution in [0.15, 0.2) is 24.3 Å². The van der Waals surface area contributed by atoms with Crippen molar-refractivity contribution in [3.63, 3.8) is 0 Å². The molecule has 1 aromatic carbocycles. The van der Waals surface area contributed by atoms with Gasteiger partial charge in [0.2, 0.25) is 0 Å². The number of benzene rings is 1. The van der Waals surface area contributed by atoms with Crippen LogP contribution in [0.2, 0.25) is 0 Å². The molecule has 0 spiro atoms. The van der Waals surface area contributed by atoms with Crippen molar-refractivity contribution in [1.29, 1.82) is 0 Å². The van der Waals surface area contributed by atoms with E-state index in [-0.39, 0.29) is 19.6 Å². The molecule has 2 atom stereocenters. The molecule has 2 heterocycles. The summed E-state index contributed by atoms with van der Waals surface area (Å²) in [6.45, 7) is 1.76. The summed E-state index contributed by atoms with van der Waals surface area (Å²) >= 11 is 0. The summed E-state index contributed by atoms with van der Waals surface area (Å²) in [5.74, 6) is -3.13. The second-order valence-electron chi connectivity index (χ2n) is 5.37. The number of amides is 2. The van der Waals surface area contributed by atoms with E-state index in [0.717, 1.165) is 4.90 Å². The highest BCUT2D eigenvalue weighted by Crippen LogP contribution is 2.27. The Balaban J connectivity index is 1.70. The first-order valence-electron chi connectivity index (χ1n) is 7.35. The van der Waals surface area contributed by atoms with E-state index in [1.807, 2.05) is 0 Å². The van der Waals surface area contributed by atoms with Crippen molar-refractivity contribution in [1.82, 2.24) is 4.90 Å². The average molecular weight is 317 g/mol. The van der Waals surface area contributed by atoms with Crippen LogP contribution in [0.1, 0.15) is 34.1 Å². The van der Waals surface area contributed by atoms with Crippen LogP contribution >= 0.6 is 0 Å². The number of fused-ring (bicyclic) bond motifs is 1. The molecule has 0 aromatic heterocycles. The van der Waals surface area contributed by atoms with E-state index in [4.69, 9.17) is 9.47 Å². The predicted octanol–water partition coefficient (Wildman–Crippen LogP) is 0.777. The Bertz CT molecular complexity index is 663. The number of carbonyl (C=O) groups excluding carboxylic acids is 4. The van der Waals surface area contributed by atoms with Crippen LogP contribution in [0.25, 0.3) is 0 Å². The number of cyclic esters (lactones) is 1. The zero-order valence-corrected chi connectivity index (χ0v) is 12.5. The third-order valence-electron chi connectivity index (χ3n) is 3.90. The topological polar surface area (TPSA) is 90.0 Å². The summed E-state index contributed by atoms with van der Waals surface area (Å²) < 4.78 is 9.93. The molecule has 7 nitrogen and oxygen atoms in total.